The number of benzene rings is 1. The Morgan fingerprint density at radius 2 is 2.17 bits per heavy atom. The van der Waals surface area contributed by atoms with Gasteiger partial charge in [-0.25, -0.2) is 0 Å². The number of nitrogens with one attached hydrogen (secondary N) is 1. The van der Waals surface area contributed by atoms with Gasteiger partial charge in [0.05, 0.1) is 7.11 Å². The van der Waals surface area contributed by atoms with Crippen molar-refractivity contribution >= 4 is 11.3 Å². The minimum absolute atomic E-state index is 0.722. The zero-order valence-corrected chi connectivity index (χ0v) is 11.3. The molecule has 2 aromatic rings. The molecule has 1 aliphatic carbocycles. The fourth-order valence-corrected chi connectivity index (χ4v) is 2.73. The van der Waals surface area contributed by atoms with E-state index in [1.54, 1.807) is 18.4 Å². The molecule has 0 bridgehead atoms. The van der Waals surface area contributed by atoms with Gasteiger partial charge in [-0.15, -0.1) is 0 Å². The number of rotatable bonds is 5. The molecular weight excluding hydrogens is 242 g/mol. The Balaban J connectivity index is 1.85. The van der Waals surface area contributed by atoms with Crippen LogP contribution in [0.25, 0.3) is 11.1 Å². The fraction of sp³-hybridized carbons (Fsp3) is 0.333. The molecule has 1 aromatic heterocycles. The quantitative estimate of drug-likeness (QED) is 0.884. The lowest BCUT2D eigenvalue weighted by atomic mass is 10.0. The molecule has 0 aliphatic heterocycles. The second-order valence-electron chi connectivity index (χ2n) is 4.69. The van der Waals surface area contributed by atoms with E-state index in [4.69, 9.17) is 4.74 Å². The van der Waals surface area contributed by atoms with E-state index in [0.29, 0.717) is 0 Å². The molecule has 94 valence electrons. The van der Waals surface area contributed by atoms with Crippen molar-refractivity contribution in [3.8, 4) is 16.9 Å². The van der Waals surface area contributed by atoms with Crippen LogP contribution < -0.4 is 10.1 Å². The average Bonchev–Trinajstić information content (AvgIpc) is 3.08. The van der Waals surface area contributed by atoms with Crippen LogP contribution in [-0.2, 0) is 6.54 Å². The summed E-state index contributed by atoms with van der Waals surface area (Å²) in [6.45, 7) is 0.895. The maximum atomic E-state index is 5.43. The van der Waals surface area contributed by atoms with Crippen molar-refractivity contribution in [2.75, 3.05) is 7.11 Å². The molecule has 1 aromatic carbocycles. The lowest BCUT2D eigenvalue weighted by Crippen LogP contribution is -2.15. The number of ether oxygens (including phenoxy) is 1. The van der Waals surface area contributed by atoms with Gasteiger partial charge in [0, 0.05) is 18.2 Å². The molecule has 1 saturated carbocycles. The summed E-state index contributed by atoms with van der Waals surface area (Å²) in [5, 5.41) is 7.84. The molecule has 0 amide bonds. The standard InChI is InChI=1S/C15H17NOS/c1-17-15-5-2-11(12-6-7-18-10-12)8-13(15)9-16-14-3-4-14/h2,5-8,10,14,16H,3-4,9H2,1H3. The largest absolute Gasteiger partial charge is 0.496 e. The van der Waals surface area contributed by atoms with Gasteiger partial charge in [0.25, 0.3) is 0 Å². The Hall–Kier alpha value is -1.32. The van der Waals surface area contributed by atoms with Crippen molar-refractivity contribution in [2.45, 2.75) is 25.4 Å². The summed E-state index contributed by atoms with van der Waals surface area (Å²) < 4.78 is 5.43. The summed E-state index contributed by atoms with van der Waals surface area (Å²) in [6.07, 6.45) is 2.62. The maximum Gasteiger partial charge on any atom is 0.123 e. The summed E-state index contributed by atoms with van der Waals surface area (Å²) >= 11 is 1.73. The molecule has 0 spiro atoms. The Kier molecular flexibility index (Phi) is 3.35. The Labute approximate surface area is 112 Å². The molecule has 0 atom stereocenters. The molecule has 18 heavy (non-hydrogen) atoms. The maximum absolute atomic E-state index is 5.43. The molecule has 1 fully saturated rings. The van der Waals surface area contributed by atoms with Crippen LogP contribution in [0.1, 0.15) is 18.4 Å². The normalized spacial score (nSPS) is 14.7. The van der Waals surface area contributed by atoms with E-state index in [-0.39, 0.29) is 0 Å². The molecule has 3 heteroatoms. The molecule has 1 aliphatic rings. The van der Waals surface area contributed by atoms with Gasteiger partial charge in [-0.2, -0.15) is 11.3 Å². The van der Waals surface area contributed by atoms with Gasteiger partial charge >= 0.3 is 0 Å². The summed E-state index contributed by atoms with van der Waals surface area (Å²) in [6, 6.07) is 9.30. The summed E-state index contributed by atoms with van der Waals surface area (Å²) in [7, 11) is 1.74. The highest BCUT2D eigenvalue weighted by atomic mass is 32.1. The van der Waals surface area contributed by atoms with Crippen LogP contribution in [0, 0.1) is 0 Å². The first-order chi connectivity index (χ1) is 8.86. The first kappa shape index (κ1) is 11.8. The fourth-order valence-electron chi connectivity index (χ4n) is 2.07. The lowest BCUT2D eigenvalue weighted by Gasteiger charge is -2.11. The van der Waals surface area contributed by atoms with Crippen molar-refractivity contribution in [1.29, 1.82) is 0 Å². The Morgan fingerprint density at radius 1 is 1.28 bits per heavy atom. The van der Waals surface area contributed by atoms with E-state index in [0.717, 1.165) is 18.3 Å². The zero-order chi connectivity index (χ0) is 12.4. The zero-order valence-electron chi connectivity index (χ0n) is 10.5. The van der Waals surface area contributed by atoms with Gasteiger partial charge in [-0.05, 0) is 52.9 Å². The van der Waals surface area contributed by atoms with Crippen LogP contribution in [0.2, 0.25) is 0 Å². The average molecular weight is 259 g/mol. The van der Waals surface area contributed by atoms with Crippen LogP contribution in [0.5, 0.6) is 5.75 Å². The van der Waals surface area contributed by atoms with Gasteiger partial charge in [0.1, 0.15) is 5.75 Å². The van der Waals surface area contributed by atoms with Gasteiger partial charge in [-0.1, -0.05) is 6.07 Å². The SMILES string of the molecule is COc1ccc(-c2ccsc2)cc1CNC1CC1. The van der Waals surface area contributed by atoms with E-state index >= 15 is 0 Å². The molecule has 0 radical (unpaired) electrons. The van der Waals surface area contributed by atoms with Crippen molar-refractivity contribution in [3.63, 3.8) is 0 Å². The van der Waals surface area contributed by atoms with Crippen molar-refractivity contribution in [3.05, 3.63) is 40.6 Å². The third-order valence-corrected chi connectivity index (χ3v) is 3.98. The van der Waals surface area contributed by atoms with E-state index in [2.05, 4.69) is 40.3 Å². The van der Waals surface area contributed by atoms with Crippen LogP contribution in [0.3, 0.4) is 0 Å². The molecule has 1 N–H and O–H groups in total. The van der Waals surface area contributed by atoms with Crippen LogP contribution in [0.4, 0.5) is 0 Å². The molecule has 0 saturated heterocycles. The number of hydrogen-bond acceptors (Lipinski definition) is 3. The van der Waals surface area contributed by atoms with Crippen LogP contribution >= 0.6 is 11.3 Å². The smallest absolute Gasteiger partial charge is 0.123 e. The number of methoxy groups -OCH3 is 1. The summed E-state index contributed by atoms with van der Waals surface area (Å²) in [5.74, 6) is 0.974. The van der Waals surface area contributed by atoms with Crippen molar-refractivity contribution in [2.24, 2.45) is 0 Å². The highest BCUT2D eigenvalue weighted by molar-refractivity contribution is 7.08. The van der Waals surface area contributed by atoms with Crippen molar-refractivity contribution < 1.29 is 4.74 Å². The molecule has 1 heterocycles. The lowest BCUT2D eigenvalue weighted by molar-refractivity contribution is 0.407. The summed E-state index contributed by atoms with van der Waals surface area (Å²) in [5.41, 5.74) is 3.80. The first-order valence-electron chi connectivity index (χ1n) is 6.29. The summed E-state index contributed by atoms with van der Waals surface area (Å²) in [4.78, 5) is 0. The molecule has 0 unspecified atom stereocenters. The predicted octanol–water partition coefficient (Wildman–Crippen LogP) is 3.68. The Morgan fingerprint density at radius 3 is 2.83 bits per heavy atom. The van der Waals surface area contributed by atoms with Gasteiger partial charge in [0.2, 0.25) is 0 Å². The van der Waals surface area contributed by atoms with E-state index < -0.39 is 0 Å². The topological polar surface area (TPSA) is 21.3 Å². The third-order valence-electron chi connectivity index (χ3n) is 3.29. The second-order valence-corrected chi connectivity index (χ2v) is 5.47. The highest BCUT2D eigenvalue weighted by Gasteiger charge is 2.20. The molecule has 3 rings (SSSR count). The number of thiophene rings is 1. The molecular formula is C15H17NOS. The van der Waals surface area contributed by atoms with E-state index in [1.165, 1.54) is 29.5 Å². The third kappa shape index (κ3) is 2.57. The predicted molar refractivity (Wildman–Crippen MR) is 76.2 cm³/mol. The molecule has 2 nitrogen and oxygen atoms in total. The highest BCUT2D eigenvalue weighted by Crippen LogP contribution is 2.29. The van der Waals surface area contributed by atoms with Gasteiger partial charge in [-0.3, -0.25) is 0 Å². The van der Waals surface area contributed by atoms with E-state index in [1.807, 2.05) is 0 Å². The van der Waals surface area contributed by atoms with Gasteiger partial charge in [0.15, 0.2) is 0 Å². The monoisotopic (exact) mass is 259 g/mol. The van der Waals surface area contributed by atoms with Crippen LogP contribution in [0.15, 0.2) is 35.0 Å². The van der Waals surface area contributed by atoms with Gasteiger partial charge < -0.3 is 10.1 Å². The Bertz CT molecular complexity index is 517. The number of hydrogen-bond donors (Lipinski definition) is 1. The second kappa shape index (κ2) is 5.12. The van der Waals surface area contributed by atoms with Crippen LogP contribution in [-0.4, -0.2) is 13.2 Å². The minimum atomic E-state index is 0.722. The first-order valence-corrected chi connectivity index (χ1v) is 7.24. The van der Waals surface area contributed by atoms with Crippen molar-refractivity contribution in [1.82, 2.24) is 5.32 Å². The minimum Gasteiger partial charge on any atom is -0.496 e. The van der Waals surface area contributed by atoms with E-state index in [9.17, 15) is 0 Å².